The molecule has 0 bridgehead atoms. The number of hydrogen-bond acceptors (Lipinski definition) is 4. The summed E-state index contributed by atoms with van der Waals surface area (Å²) < 4.78 is 17.7. The van der Waals surface area contributed by atoms with Gasteiger partial charge in [-0.05, 0) is 11.8 Å². The summed E-state index contributed by atoms with van der Waals surface area (Å²) in [4.78, 5) is 24.3. The van der Waals surface area contributed by atoms with E-state index in [9.17, 15) is 9.59 Å². The molecule has 0 saturated heterocycles. The highest BCUT2D eigenvalue weighted by Crippen LogP contribution is 2.19. The van der Waals surface area contributed by atoms with Crippen molar-refractivity contribution in [1.29, 1.82) is 0 Å². The van der Waals surface area contributed by atoms with Gasteiger partial charge in [0.2, 0.25) is 19.3 Å². The highest BCUT2D eigenvalue weighted by Gasteiger charge is 2.29. The third-order valence-corrected chi connectivity index (χ3v) is 4.81. The zero-order chi connectivity index (χ0) is 21.6. The molecule has 2 atom stereocenters. The van der Waals surface area contributed by atoms with Crippen molar-refractivity contribution >= 4 is 11.9 Å². The molecule has 2 aromatic rings. The van der Waals surface area contributed by atoms with Gasteiger partial charge < -0.3 is 9.47 Å². The quantitative estimate of drug-likeness (QED) is 0.446. The van der Waals surface area contributed by atoms with Crippen LogP contribution in [-0.2, 0) is 25.7 Å². The first-order valence-corrected chi connectivity index (χ1v) is 10.0. The molecule has 2 heterocycles. The van der Waals surface area contributed by atoms with E-state index in [1.54, 1.807) is 0 Å². The summed E-state index contributed by atoms with van der Waals surface area (Å²) in [7, 11) is 2.83. The van der Waals surface area contributed by atoms with Gasteiger partial charge in [0.25, 0.3) is 0 Å². The summed E-state index contributed by atoms with van der Waals surface area (Å²) >= 11 is 0. The SMILES string of the molecule is COC(=O)[C@H](CC(C)C)n1cc[n+](C[n+]2ccn([C@@H](CC(C)C)C(=O)OC)c2)c1. The molecule has 0 spiro atoms. The lowest BCUT2D eigenvalue weighted by Gasteiger charge is -2.13. The van der Waals surface area contributed by atoms with E-state index in [-0.39, 0.29) is 24.0 Å². The van der Waals surface area contributed by atoms with Crippen LogP contribution in [-0.4, -0.2) is 35.3 Å². The fourth-order valence-electron chi connectivity index (χ4n) is 3.39. The zero-order valence-corrected chi connectivity index (χ0v) is 18.3. The van der Waals surface area contributed by atoms with E-state index >= 15 is 0 Å². The Labute approximate surface area is 172 Å². The van der Waals surface area contributed by atoms with Gasteiger partial charge in [-0.25, -0.2) is 18.7 Å². The van der Waals surface area contributed by atoms with Crippen molar-refractivity contribution in [3.05, 3.63) is 37.4 Å². The van der Waals surface area contributed by atoms with Gasteiger partial charge in [-0.2, -0.15) is 9.13 Å². The maximum absolute atomic E-state index is 12.2. The standard InChI is InChI=1S/C21H34N4O4/c1-16(2)11-18(20(26)28-5)24-9-7-22(14-24)13-23-8-10-25(15-23)19(12-17(3)4)21(27)29-6/h7-10,14-19H,11-13H2,1-6H3/q+2/t18-,19-/m0/s1. The molecule has 0 amide bonds. The van der Waals surface area contributed by atoms with Crippen molar-refractivity contribution in [1.82, 2.24) is 9.13 Å². The van der Waals surface area contributed by atoms with Crippen LogP contribution in [0.5, 0.6) is 0 Å². The van der Waals surface area contributed by atoms with Crippen LogP contribution in [0.1, 0.15) is 52.6 Å². The van der Waals surface area contributed by atoms with Crippen molar-refractivity contribution < 1.29 is 28.2 Å². The van der Waals surface area contributed by atoms with Crippen LogP contribution >= 0.6 is 0 Å². The summed E-state index contributed by atoms with van der Waals surface area (Å²) in [5, 5.41) is 0. The van der Waals surface area contributed by atoms with Crippen LogP contribution in [0, 0.1) is 11.8 Å². The van der Waals surface area contributed by atoms with Crippen LogP contribution in [0.2, 0.25) is 0 Å². The van der Waals surface area contributed by atoms with Gasteiger partial charge in [-0.1, -0.05) is 27.7 Å². The highest BCUT2D eigenvalue weighted by molar-refractivity contribution is 5.74. The Kier molecular flexibility index (Phi) is 7.99. The lowest BCUT2D eigenvalue weighted by Crippen LogP contribution is -2.49. The van der Waals surface area contributed by atoms with Crippen LogP contribution in [0.3, 0.4) is 0 Å². The van der Waals surface area contributed by atoms with E-state index in [2.05, 4.69) is 27.7 Å². The molecule has 29 heavy (non-hydrogen) atoms. The lowest BCUT2D eigenvalue weighted by molar-refractivity contribution is -0.912. The third-order valence-electron chi connectivity index (χ3n) is 4.81. The van der Waals surface area contributed by atoms with Crippen molar-refractivity contribution in [3.8, 4) is 0 Å². The van der Waals surface area contributed by atoms with Crippen LogP contribution in [0.4, 0.5) is 0 Å². The molecule has 0 N–H and O–H groups in total. The first-order valence-electron chi connectivity index (χ1n) is 10.0. The molecule has 0 aliphatic carbocycles. The minimum Gasteiger partial charge on any atom is -0.466 e. The van der Waals surface area contributed by atoms with E-state index in [1.807, 2.05) is 55.7 Å². The normalized spacial score (nSPS) is 13.5. The zero-order valence-electron chi connectivity index (χ0n) is 18.3. The van der Waals surface area contributed by atoms with Gasteiger partial charge in [0.15, 0.2) is 12.1 Å². The lowest BCUT2D eigenvalue weighted by atomic mass is 10.0. The monoisotopic (exact) mass is 406 g/mol. The minimum absolute atomic E-state index is 0.241. The molecule has 0 unspecified atom stereocenters. The van der Waals surface area contributed by atoms with Gasteiger partial charge in [0.05, 0.1) is 14.2 Å². The smallest absolute Gasteiger partial charge is 0.351 e. The fourth-order valence-corrected chi connectivity index (χ4v) is 3.39. The maximum atomic E-state index is 12.2. The number of methoxy groups -OCH3 is 2. The number of aromatic nitrogens is 4. The molecule has 8 nitrogen and oxygen atoms in total. The average Bonchev–Trinajstić information content (AvgIpc) is 3.32. The van der Waals surface area contributed by atoms with Crippen LogP contribution in [0.25, 0.3) is 0 Å². The van der Waals surface area contributed by atoms with E-state index in [0.29, 0.717) is 31.3 Å². The van der Waals surface area contributed by atoms with Crippen molar-refractivity contribution in [2.45, 2.75) is 59.3 Å². The molecule has 0 aromatic carbocycles. The Balaban J connectivity index is 2.15. The number of hydrogen-bond donors (Lipinski definition) is 0. The molecular formula is C21H34N4O4+2. The predicted molar refractivity (Wildman–Crippen MR) is 106 cm³/mol. The van der Waals surface area contributed by atoms with Crippen molar-refractivity contribution in [2.75, 3.05) is 14.2 Å². The Morgan fingerprint density at radius 3 is 1.48 bits per heavy atom. The molecule has 160 valence electrons. The van der Waals surface area contributed by atoms with Crippen LogP contribution in [0.15, 0.2) is 37.4 Å². The second-order valence-electron chi connectivity index (χ2n) is 8.23. The van der Waals surface area contributed by atoms with E-state index in [4.69, 9.17) is 9.47 Å². The highest BCUT2D eigenvalue weighted by atomic mass is 16.5. The minimum atomic E-state index is -0.342. The molecule has 0 fully saturated rings. The number of imidazole rings is 2. The molecule has 0 aliphatic heterocycles. The number of carbonyl (C=O) groups is 2. The molecule has 2 rings (SSSR count). The number of carbonyl (C=O) groups excluding carboxylic acids is 2. The van der Waals surface area contributed by atoms with E-state index < -0.39 is 0 Å². The van der Waals surface area contributed by atoms with Crippen molar-refractivity contribution in [3.63, 3.8) is 0 Å². The Hall–Kier alpha value is -2.64. The molecular weight excluding hydrogens is 372 g/mol. The number of rotatable bonds is 10. The number of nitrogens with zero attached hydrogens (tertiary/aromatic N) is 4. The maximum Gasteiger partial charge on any atom is 0.351 e. The van der Waals surface area contributed by atoms with E-state index in [1.165, 1.54) is 14.2 Å². The Bertz CT molecular complexity index is 743. The number of ether oxygens (including phenoxy) is 2. The first kappa shape index (κ1) is 22.6. The fraction of sp³-hybridized carbons (Fsp3) is 0.619. The molecule has 8 heteroatoms. The summed E-state index contributed by atoms with van der Waals surface area (Å²) in [6, 6.07) is -0.684. The summed E-state index contributed by atoms with van der Waals surface area (Å²) in [5.74, 6) is 0.258. The van der Waals surface area contributed by atoms with E-state index in [0.717, 1.165) is 0 Å². The summed E-state index contributed by atoms with van der Waals surface area (Å²) in [6.45, 7) is 8.90. The topological polar surface area (TPSA) is 70.2 Å². The predicted octanol–water partition coefficient (Wildman–Crippen LogP) is 1.89. The van der Waals surface area contributed by atoms with Crippen molar-refractivity contribution in [2.24, 2.45) is 11.8 Å². The Morgan fingerprint density at radius 2 is 1.17 bits per heavy atom. The number of esters is 2. The molecule has 0 radical (unpaired) electrons. The average molecular weight is 407 g/mol. The van der Waals surface area contributed by atoms with Gasteiger partial charge in [-0.15, -0.1) is 0 Å². The van der Waals surface area contributed by atoms with Gasteiger partial charge in [-0.3, -0.25) is 0 Å². The Morgan fingerprint density at radius 1 is 0.793 bits per heavy atom. The van der Waals surface area contributed by atoms with Crippen LogP contribution < -0.4 is 9.13 Å². The van der Waals surface area contributed by atoms with Gasteiger partial charge >= 0.3 is 11.9 Å². The van der Waals surface area contributed by atoms with Gasteiger partial charge in [0.1, 0.15) is 24.8 Å². The molecule has 0 saturated carbocycles. The summed E-state index contributed by atoms with van der Waals surface area (Å²) in [6.07, 6.45) is 12.8. The summed E-state index contributed by atoms with van der Waals surface area (Å²) in [5.41, 5.74) is 0. The second-order valence-corrected chi connectivity index (χ2v) is 8.23. The second kappa shape index (κ2) is 10.2. The van der Waals surface area contributed by atoms with Gasteiger partial charge in [0, 0.05) is 12.8 Å². The largest absolute Gasteiger partial charge is 0.466 e. The first-order chi connectivity index (χ1) is 13.7. The third kappa shape index (κ3) is 6.17. The molecule has 0 aliphatic rings. The molecule has 2 aromatic heterocycles.